The van der Waals surface area contributed by atoms with Gasteiger partial charge in [0.25, 0.3) is 0 Å². The molecule has 6 nitrogen and oxygen atoms in total. The molecule has 23 heavy (non-hydrogen) atoms. The van der Waals surface area contributed by atoms with Crippen molar-refractivity contribution >= 4 is 11.7 Å². The Labute approximate surface area is 135 Å². The monoisotopic (exact) mass is 312 g/mol. The number of nitrogens with one attached hydrogen (secondary N) is 1. The molecule has 0 unspecified atom stereocenters. The van der Waals surface area contributed by atoms with Gasteiger partial charge in [-0.05, 0) is 18.2 Å². The van der Waals surface area contributed by atoms with E-state index < -0.39 is 0 Å². The smallest absolute Gasteiger partial charge is 0.241 e. The summed E-state index contributed by atoms with van der Waals surface area (Å²) < 4.78 is 5.84. The lowest BCUT2D eigenvalue weighted by Gasteiger charge is -2.32. The van der Waals surface area contributed by atoms with Crippen molar-refractivity contribution < 1.29 is 9.53 Å². The average Bonchev–Trinajstić information content (AvgIpc) is 2.62. The van der Waals surface area contributed by atoms with Crippen molar-refractivity contribution in [2.75, 3.05) is 25.0 Å². The molecule has 0 aromatic carbocycles. The maximum atomic E-state index is 12.2. The maximum absolute atomic E-state index is 12.2. The van der Waals surface area contributed by atoms with Crippen LogP contribution in [0, 0.1) is 0 Å². The number of carbonyl (C=O) groups excluding carboxylic acids is 1. The van der Waals surface area contributed by atoms with Crippen LogP contribution in [-0.2, 0) is 4.79 Å². The van der Waals surface area contributed by atoms with Gasteiger partial charge in [-0.25, -0.2) is 9.97 Å². The van der Waals surface area contributed by atoms with E-state index in [4.69, 9.17) is 4.74 Å². The van der Waals surface area contributed by atoms with Gasteiger partial charge in [0.05, 0.1) is 6.54 Å². The van der Waals surface area contributed by atoms with Crippen LogP contribution in [0.25, 0.3) is 0 Å². The van der Waals surface area contributed by atoms with Gasteiger partial charge >= 0.3 is 0 Å². The Morgan fingerprint density at radius 2 is 1.87 bits per heavy atom. The van der Waals surface area contributed by atoms with Gasteiger partial charge < -0.3 is 15.0 Å². The van der Waals surface area contributed by atoms with Crippen LogP contribution in [0.1, 0.15) is 12.8 Å². The van der Waals surface area contributed by atoms with Crippen LogP contribution in [-0.4, -0.2) is 46.5 Å². The number of aromatic nitrogens is 2. The summed E-state index contributed by atoms with van der Waals surface area (Å²) in [4.78, 5) is 22.4. The molecule has 3 rings (SSSR count). The molecule has 6 heteroatoms. The first-order valence-electron chi connectivity index (χ1n) is 7.81. The molecule has 1 aliphatic rings. The van der Waals surface area contributed by atoms with Gasteiger partial charge in [-0.3, -0.25) is 4.79 Å². The zero-order valence-corrected chi connectivity index (χ0v) is 12.9. The Kier molecular flexibility index (Phi) is 5.03. The number of hydrogen-bond acceptors (Lipinski definition) is 5. The highest BCUT2D eigenvalue weighted by Gasteiger charge is 2.23. The number of ether oxygens (including phenoxy) is 1. The van der Waals surface area contributed by atoms with Crippen molar-refractivity contribution in [3.05, 3.63) is 48.8 Å². The van der Waals surface area contributed by atoms with Crippen molar-refractivity contribution in [3.8, 4) is 5.88 Å². The van der Waals surface area contributed by atoms with Crippen molar-refractivity contribution in [1.82, 2.24) is 14.9 Å². The van der Waals surface area contributed by atoms with Crippen molar-refractivity contribution in [2.24, 2.45) is 0 Å². The molecule has 0 spiro atoms. The van der Waals surface area contributed by atoms with Crippen LogP contribution in [0.15, 0.2) is 48.8 Å². The Balaban J connectivity index is 1.42. The second kappa shape index (κ2) is 7.58. The number of nitrogens with zero attached hydrogens (tertiary/aromatic N) is 3. The molecule has 1 N–H and O–H groups in total. The minimum absolute atomic E-state index is 0.0898. The summed E-state index contributed by atoms with van der Waals surface area (Å²) >= 11 is 0. The summed E-state index contributed by atoms with van der Waals surface area (Å²) in [6.45, 7) is 1.68. The molecule has 1 amide bonds. The normalized spacial score (nSPS) is 15.2. The van der Waals surface area contributed by atoms with Crippen LogP contribution in [0.3, 0.4) is 0 Å². The third-order valence-corrected chi connectivity index (χ3v) is 3.81. The predicted octanol–water partition coefficient (Wildman–Crippen LogP) is 1.96. The fourth-order valence-electron chi connectivity index (χ4n) is 2.56. The first kappa shape index (κ1) is 15.3. The van der Waals surface area contributed by atoms with Crippen LogP contribution >= 0.6 is 0 Å². The Bertz CT molecular complexity index is 613. The van der Waals surface area contributed by atoms with Crippen LogP contribution < -0.4 is 10.1 Å². The number of piperidine rings is 1. The van der Waals surface area contributed by atoms with Gasteiger partial charge in [-0.15, -0.1) is 0 Å². The summed E-state index contributed by atoms with van der Waals surface area (Å²) in [7, 11) is 0. The van der Waals surface area contributed by atoms with E-state index in [0.717, 1.165) is 12.8 Å². The second-order valence-corrected chi connectivity index (χ2v) is 5.43. The zero-order valence-electron chi connectivity index (χ0n) is 12.9. The van der Waals surface area contributed by atoms with Crippen molar-refractivity contribution in [3.63, 3.8) is 0 Å². The highest BCUT2D eigenvalue weighted by atomic mass is 16.5. The van der Waals surface area contributed by atoms with E-state index in [2.05, 4.69) is 15.3 Å². The fraction of sp³-hybridized carbons (Fsp3) is 0.353. The molecule has 3 heterocycles. The summed E-state index contributed by atoms with van der Waals surface area (Å²) in [5.41, 5.74) is 0. The molecule has 0 atom stereocenters. The van der Waals surface area contributed by atoms with E-state index in [0.29, 0.717) is 24.8 Å². The Hall–Kier alpha value is -2.63. The lowest BCUT2D eigenvalue weighted by atomic mass is 10.1. The molecule has 1 fully saturated rings. The van der Waals surface area contributed by atoms with E-state index in [1.807, 2.05) is 41.3 Å². The number of rotatable bonds is 5. The second-order valence-electron chi connectivity index (χ2n) is 5.43. The number of amides is 1. The largest absolute Gasteiger partial charge is 0.474 e. The average molecular weight is 312 g/mol. The van der Waals surface area contributed by atoms with Crippen LogP contribution in [0.4, 0.5) is 5.82 Å². The molecule has 1 aliphatic heterocycles. The first-order chi connectivity index (χ1) is 11.3. The molecular weight excluding hydrogens is 292 g/mol. The Morgan fingerprint density at radius 1 is 1.13 bits per heavy atom. The standard InChI is InChI=1S/C17H20N4O2/c22-17(13-20-15-5-1-3-9-18-15)21-11-7-14(8-12-21)23-16-6-2-4-10-19-16/h1-6,9-10,14H,7-8,11-13H2,(H,18,20). The first-order valence-corrected chi connectivity index (χ1v) is 7.81. The van der Waals surface area contributed by atoms with Crippen LogP contribution in [0.2, 0.25) is 0 Å². The summed E-state index contributed by atoms with van der Waals surface area (Å²) in [5.74, 6) is 1.45. The summed E-state index contributed by atoms with van der Waals surface area (Å²) in [6, 6.07) is 11.2. The van der Waals surface area contributed by atoms with E-state index >= 15 is 0 Å². The Morgan fingerprint density at radius 3 is 2.52 bits per heavy atom. The summed E-state index contributed by atoms with van der Waals surface area (Å²) in [6.07, 6.45) is 5.19. The molecule has 1 saturated heterocycles. The van der Waals surface area contributed by atoms with Crippen LogP contribution in [0.5, 0.6) is 5.88 Å². The third kappa shape index (κ3) is 4.42. The minimum atomic E-state index is 0.0898. The van der Waals surface area contributed by atoms with Gasteiger partial charge in [0.15, 0.2) is 0 Å². The quantitative estimate of drug-likeness (QED) is 0.914. The van der Waals surface area contributed by atoms with Crippen molar-refractivity contribution in [2.45, 2.75) is 18.9 Å². The number of pyridine rings is 2. The van der Waals surface area contributed by atoms with E-state index in [9.17, 15) is 4.79 Å². The zero-order chi connectivity index (χ0) is 15.9. The minimum Gasteiger partial charge on any atom is -0.474 e. The third-order valence-electron chi connectivity index (χ3n) is 3.81. The predicted molar refractivity (Wildman–Crippen MR) is 87.2 cm³/mol. The van der Waals surface area contributed by atoms with Gasteiger partial charge in [-0.1, -0.05) is 12.1 Å². The molecule has 0 bridgehead atoms. The highest BCUT2D eigenvalue weighted by Crippen LogP contribution is 2.17. The van der Waals surface area contributed by atoms with E-state index in [1.54, 1.807) is 12.4 Å². The molecule has 0 aliphatic carbocycles. The van der Waals surface area contributed by atoms with Gasteiger partial charge in [0.1, 0.15) is 11.9 Å². The topological polar surface area (TPSA) is 67.4 Å². The lowest BCUT2D eigenvalue weighted by molar-refractivity contribution is -0.131. The lowest BCUT2D eigenvalue weighted by Crippen LogP contribution is -2.44. The maximum Gasteiger partial charge on any atom is 0.241 e. The van der Waals surface area contributed by atoms with Gasteiger partial charge in [-0.2, -0.15) is 0 Å². The fourth-order valence-corrected chi connectivity index (χ4v) is 2.56. The number of hydrogen-bond donors (Lipinski definition) is 1. The van der Waals surface area contributed by atoms with E-state index in [-0.39, 0.29) is 18.6 Å². The van der Waals surface area contributed by atoms with E-state index in [1.165, 1.54) is 0 Å². The summed E-state index contributed by atoms with van der Waals surface area (Å²) in [5, 5.41) is 3.05. The van der Waals surface area contributed by atoms with Gasteiger partial charge in [0, 0.05) is 44.4 Å². The molecule has 0 radical (unpaired) electrons. The number of likely N-dealkylation sites (tertiary alicyclic amines) is 1. The number of carbonyl (C=O) groups is 1. The molecule has 2 aromatic rings. The molecule has 0 saturated carbocycles. The van der Waals surface area contributed by atoms with Crippen molar-refractivity contribution in [1.29, 1.82) is 0 Å². The molecular formula is C17H20N4O2. The van der Waals surface area contributed by atoms with Gasteiger partial charge in [0.2, 0.25) is 11.8 Å². The molecule has 120 valence electrons. The highest BCUT2D eigenvalue weighted by molar-refractivity contribution is 5.80. The SMILES string of the molecule is O=C(CNc1ccccn1)N1CCC(Oc2ccccn2)CC1. The number of anilines is 1. The molecule has 2 aromatic heterocycles.